The van der Waals surface area contributed by atoms with Crippen molar-refractivity contribution in [2.24, 2.45) is 11.8 Å². The van der Waals surface area contributed by atoms with Crippen LogP contribution in [0.15, 0.2) is 30.4 Å². The molecule has 0 aromatic heterocycles. The standard InChI is InChI=1S/C15H18FNO/c1-2-18-15-9-11(16)6-7-13(15)17-14-8-10-4-3-5-12(10)14/h3,5-7,9-10,12,14,17H,2,4,8H2,1H3. The highest BCUT2D eigenvalue weighted by molar-refractivity contribution is 5.57. The number of rotatable bonds is 4. The van der Waals surface area contributed by atoms with Gasteiger partial charge in [-0.2, -0.15) is 0 Å². The smallest absolute Gasteiger partial charge is 0.145 e. The van der Waals surface area contributed by atoms with Crippen molar-refractivity contribution in [3.8, 4) is 5.75 Å². The Balaban J connectivity index is 1.74. The molecule has 0 heterocycles. The summed E-state index contributed by atoms with van der Waals surface area (Å²) in [4.78, 5) is 0. The molecule has 1 aromatic rings. The Hall–Kier alpha value is -1.51. The Morgan fingerprint density at radius 2 is 2.33 bits per heavy atom. The first-order valence-electron chi connectivity index (χ1n) is 6.63. The minimum Gasteiger partial charge on any atom is -0.492 e. The largest absolute Gasteiger partial charge is 0.492 e. The molecule has 0 radical (unpaired) electrons. The second-order valence-corrected chi connectivity index (χ2v) is 5.06. The van der Waals surface area contributed by atoms with Gasteiger partial charge in [0.25, 0.3) is 0 Å². The van der Waals surface area contributed by atoms with Crippen molar-refractivity contribution >= 4 is 5.69 Å². The molecular weight excluding hydrogens is 229 g/mol. The van der Waals surface area contributed by atoms with Gasteiger partial charge in [-0.15, -0.1) is 0 Å². The lowest BCUT2D eigenvalue weighted by Crippen LogP contribution is -2.43. The Kier molecular flexibility index (Phi) is 2.98. The number of halogens is 1. The van der Waals surface area contributed by atoms with Crippen molar-refractivity contribution in [2.75, 3.05) is 11.9 Å². The molecule has 0 bridgehead atoms. The molecule has 1 fully saturated rings. The van der Waals surface area contributed by atoms with Crippen LogP contribution in [0.3, 0.4) is 0 Å². The highest BCUT2D eigenvalue weighted by atomic mass is 19.1. The quantitative estimate of drug-likeness (QED) is 0.821. The van der Waals surface area contributed by atoms with E-state index in [0.717, 1.165) is 11.6 Å². The van der Waals surface area contributed by atoms with Gasteiger partial charge in [0.1, 0.15) is 11.6 Å². The van der Waals surface area contributed by atoms with E-state index in [1.165, 1.54) is 25.0 Å². The molecule has 3 unspecified atom stereocenters. The van der Waals surface area contributed by atoms with E-state index in [0.29, 0.717) is 24.3 Å². The first-order valence-corrected chi connectivity index (χ1v) is 6.63. The summed E-state index contributed by atoms with van der Waals surface area (Å²) in [6.45, 7) is 2.46. The van der Waals surface area contributed by atoms with E-state index in [4.69, 9.17) is 4.74 Å². The van der Waals surface area contributed by atoms with Gasteiger partial charge in [0, 0.05) is 18.0 Å². The topological polar surface area (TPSA) is 21.3 Å². The summed E-state index contributed by atoms with van der Waals surface area (Å²) in [7, 11) is 0. The zero-order valence-corrected chi connectivity index (χ0v) is 10.5. The number of hydrogen-bond acceptors (Lipinski definition) is 2. The Bertz CT molecular complexity index is 472. The maximum Gasteiger partial charge on any atom is 0.145 e. The van der Waals surface area contributed by atoms with Crippen LogP contribution < -0.4 is 10.1 Å². The van der Waals surface area contributed by atoms with Gasteiger partial charge in [-0.3, -0.25) is 0 Å². The van der Waals surface area contributed by atoms with E-state index in [9.17, 15) is 4.39 Å². The molecule has 1 N–H and O–H groups in total. The molecule has 3 atom stereocenters. The summed E-state index contributed by atoms with van der Waals surface area (Å²) in [5, 5.41) is 3.49. The summed E-state index contributed by atoms with van der Waals surface area (Å²) in [5.74, 6) is 1.82. The van der Waals surface area contributed by atoms with Crippen LogP contribution in [0.4, 0.5) is 10.1 Å². The minimum atomic E-state index is -0.253. The molecular formula is C15H18FNO. The van der Waals surface area contributed by atoms with Crippen molar-refractivity contribution in [3.05, 3.63) is 36.2 Å². The number of anilines is 1. The normalized spacial score (nSPS) is 28.7. The fraction of sp³-hybridized carbons (Fsp3) is 0.467. The van der Waals surface area contributed by atoms with Gasteiger partial charge in [0.05, 0.1) is 12.3 Å². The monoisotopic (exact) mass is 247 g/mol. The van der Waals surface area contributed by atoms with Crippen LogP contribution in [0.2, 0.25) is 0 Å². The predicted molar refractivity (Wildman–Crippen MR) is 70.3 cm³/mol. The lowest BCUT2D eigenvalue weighted by atomic mass is 9.71. The molecule has 18 heavy (non-hydrogen) atoms. The van der Waals surface area contributed by atoms with E-state index in [1.807, 2.05) is 6.92 Å². The average molecular weight is 247 g/mol. The minimum absolute atomic E-state index is 0.253. The fourth-order valence-corrected chi connectivity index (χ4v) is 2.97. The van der Waals surface area contributed by atoms with Gasteiger partial charge in [0.15, 0.2) is 0 Å². The molecule has 2 nitrogen and oxygen atoms in total. The van der Waals surface area contributed by atoms with Gasteiger partial charge in [-0.1, -0.05) is 12.2 Å². The molecule has 3 heteroatoms. The van der Waals surface area contributed by atoms with Crippen molar-refractivity contribution < 1.29 is 9.13 Å². The number of hydrogen-bond donors (Lipinski definition) is 1. The number of benzene rings is 1. The van der Waals surface area contributed by atoms with E-state index in [1.54, 1.807) is 6.07 Å². The van der Waals surface area contributed by atoms with Crippen LogP contribution in [0, 0.1) is 17.7 Å². The predicted octanol–water partition coefficient (Wildman–Crippen LogP) is 3.60. The molecule has 96 valence electrons. The van der Waals surface area contributed by atoms with Crippen molar-refractivity contribution in [1.29, 1.82) is 0 Å². The summed E-state index contributed by atoms with van der Waals surface area (Å²) in [6, 6.07) is 5.17. The van der Waals surface area contributed by atoms with Gasteiger partial charge >= 0.3 is 0 Å². The third-order valence-corrected chi connectivity index (χ3v) is 3.95. The Labute approximate surface area is 107 Å². The van der Waals surface area contributed by atoms with E-state index < -0.39 is 0 Å². The van der Waals surface area contributed by atoms with Crippen molar-refractivity contribution in [1.82, 2.24) is 0 Å². The van der Waals surface area contributed by atoms with Crippen molar-refractivity contribution in [2.45, 2.75) is 25.8 Å². The molecule has 0 aliphatic heterocycles. The first kappa shape index (κ1) is 11.6. The van der Waals surface area contributed by atoms with Crippen LogP contribution in [-0.2, 0) is 0 Å². The second-order valence-electron chi connectivity index (χ2n) is 5.06. The second kappa shape index (κ2) is 4.63. The molecule has 0 saturated heterocycles. The lowest BCUT2D eigenvalue weighted by Gasteiger charge is -2.41. The highest BCUT2D eigenvalue weighted by Gasteiger charge is 2.41. The van der Waals surface area contributed by atoms with Gasteiger partial charge in [-0.05, 0) is 37.8 Å². The Morgan fingerprint density at radius 3 is 3.11 bits per heavy atom. The summed E-state index contributed by atoms with van der Waals surface area (Å²) in [6.07, 6.45) is 6.98. The van der Waals surface area contributed by atoms with E-state index >= 15 is 0 Å². The van der Waals surface area contributed by atoms with Crippen LogP contribution >= 0.6 is 0 Å². The first-order chi connectivity index (χ1) is 8.78. The lowest BCUT2D eigenvalue weighted by molar-refractivity contribution is 0.217. The molecule has 1 aromatic carbocycles. The zero-order valence-electron chi connectivity index (χ0n) is 10.5. The van der Waals surface area contributed by atoms with Crippen LogP contribution in [0.5, 0.6) is 5.75 Å². The van der Waals surface area contributed by atoms with Crippen LogP contribution in [0.1, 0.15) is 19.8 Å². The van der Waals surface area contributed by atoms with E-state index in [-0.39, 0.29) is 5.82 Å². The highest BCUT2D eigenvalue weighted by Crippen LogP contribution is 2.44. The summed E-state index contributed by atoms with van der Waals surface area (Å²) < 4.78 is 18.7. The number of fused-ring (bicyclic) bond motifs is 1. The number of ether oxygens (including phenoxy) is 1. The number of nitrogens with one attached hydrogen (secondary N) is 1. The van der Waals surface area contributed by atoms with Gasteiger partial charge in [-0.25, -0.2) is 4.39 Å². The molecule has 1 saturated carbocycles. The summed E-state index contributed by atoms with van der Waals surface area (Å²) >= 11 is 0. The third kappa shape index (κ3) is 1.98. The molecule has 3 rings (SSSR count). The average Bonchev–Trinajstić information content (AvgIpc) is 2.70. The SMILES string of the molecule is CCOc1cc(F)ccc1NC1CC2CC=CC21. The fourth-order valence-electron chi connectivity index (χ4n) is 2.97. The number of allylic oxidation sites excluding steroid dienone is 1. The van der Waals surface area contributed by atoms with Crippen LogP contribution in [0.25, 0.3) is 0 Å². The maximum absolute atomic E-state index is 13.2. The van der Waals surface area contributed by atoms with Gasteiger partial charge < -0.3 is 10.1 Å². The molecule has 0 spiro atoms. The maximum atomic E-state index is 13.2. The molecule has 0 amide bonds. The summed E-state index contributed by atoms with van der Waals surface area (Å²) in [5.41, 5.74) is 0.905. The zero-order chi connectivity index (χ0) is 12.5. The molecule has 2 aliphatic carbocycles. The van der Waals surface area contributed by atoms with Gasteiger partial charge in [0.2, 0.25) is 0 Å². The Morgan fingerprint density at radius 1 is 1.44 bits per heavy atom. The van der Waals surface area contributed by atoms with Crippen molar-refractivity contribution in [3.63, 3.8) is 0 Å². The van der Waals surface area contributed by atoms with E-state index in [2.05, 4.69) is 17.5 Å². The van der Waals surface area contributed by atoms with Crippen LogP contribution in [-0.4, -0.2) is 12.6 Å². The third-order valence-electron chi connectivity index (χ3n) is 3.95. The molecule has 2 aliphatic rings.